The maximum Gasteiger partial charge on any atom is 0.229 e. The quantitative estimate of drug-likeness (QED) is 0.761. The van der Waals surface area contributed by atoms with Crippen molar-refractivity contribution in [2.75, 3.05) is 31.3 Å². The van der Waals surface area contributed by atoms with Crippen LogP contribution in [0.4, 0.5) is 0 Å². The Hall–Kier alpha value is -0.180. The van der Waals surface area contributed by atoms with Crippen LogP contribution in [0.1, 0.15) is 38.5 Å². The average molecular weight is 310 g/mol. The van der Waals surface area contributed by atoms with Gasteiger partial charge in [-0.25, -0.2) is 25.4 Å². The van der Waals surface area contributed by atoms with Crippen LogP contribution in [0.2, 0.25) is 0 Å². The van der Waals surface area contributed by atoms with Crippen molar-refractivity contribution in [2.24, 2.45) is 0 Å². The number of sulfonamides is 2. The summed E-state index contributed by atoms with van der Waals surface area (Å²) in [5, 5.41) is -0.764. The third-order valence-corrected chi connectivity index (χ3v) is 8.40. The lowest BCUT2D eigenvalue weighted by molar-refractivity contribution is 0.341. The normalized spacial score (nSPS) is 24.4. The van der Waals surface area contributed by atoms with Gasteiger partial charge in [0.2, 0.25) is 20.0 Å². The van der Waals surface area contributed by atoms with E-state index in [2.05, 4.69) is 0 Å². The van der Waals surface area contributed by atoms with Crippen LogP contribution >= 0.6 is 0 Å². The van der Waals surface area contributed by atoms with Gasteiger partial charge in [0.15, 0.2) is 5.08 Å². The first-order chi connectivity index (χ1) is 8.92. The molecule has 2 aliphatic rings. The number of rotatable bonds is 4. The van der Waals surface area contributed by atoms with Crippen molar-refractivity contribution in [1.29, 1.82) is 0 Å². The van der Waals surface area contributed by atoms with E-state index in [1.165, 1.54) is 8.61 Å². The Morgan fingerprint density at radius 3 is 1.21 bits per heavy atom. The fraction of sp³-hybridized carbons (Fsp3) is 1.00. The highest BCUT2D eigenvalue weighted by atomic mass is 32.3. The molecule has 2 heterocycles. The predicted molar refractivity (Wildman–Crippen MR) is 73.6 cm³/mol. The lowest BCUT2D eigenvalue weighted by atomic mass is 10.2. The fourth-order valence-electron chi connectivity index (χ4n) is 2.62. The van der Waals surface area contributed by atoms with Crippen LogP contribution < -0.4 is 0 Å². The van der Waals surface area contributed by atoms with Crippen molar-refractivity contribution in [3.05, 3.63) is 0 Å². The minimum atomic E-state index is -3.69. The van der Waals surface area contributed by atoms with Gasteiger partial charge in [0.25, 0.3) is 0 Å². The first-order valence-corrected chi connectivity index (χ1v) is 10.1. The van der Waals surface area contributed by atoms with Crippen LogP contribution in [0.3, 0.4) is 0 Å². The summed E-state index contributed by atoms with van der Waals surface area (Å²) in [5.41, 5.74) is 0. The number of hydrogen-bond acceptors (Lipinski definition) is 4. The van der Waals surface area contributed by atoms with Crippen LogP contribution in [-0.4, -0.2) is 56.7 Å². The summed E-state index contributed by atoms with van der Waals surface area (Å²) in [6.07, 6.45) is 5.33. The van der Waals surface area contributed by atoms with Gasteiger partial charge in [-0.2, -0.15) is 0 Å². The topological polar surface area (TPSA) is 74.8 Å². The van der Waals surface area contributed by atoms with Gasteiger partial charge >= 0.3 is 0 Å². The van der Waals surface area contributed by atoms with E-state index < -0.39 is 25.1 Å². The zero-order valence-electron chi connectivity index (χ0n) is 11.1. The standard InChI is InChI=1S/C11H22N2O4S2/c14-18(15,12-7-3-1-4-8-12)11-19(16,17)13-9-5-2-6-10-13/h1-11H2. The molecule has 0 unspecified atom stereocenters. The largest absolute Gasteiger partial charge is 0.229 e. The smallest absolute Gasteiger partial charge is 0.211 e. The maximum atomic E-state index is 12.2. The second kappa shape index (κ2) is 6.07. The minimum Gasteiger partial charge on any atom is -0.211 e. The summed E-state index contributed by atoms with van der Waals surface area (Å²) in [6.45, 7) is 1.82. The lowest BCUT2D eigenvalue weighted by Crippen LogP contribution is -2.44. The Kier molecular flexibility index (Phi) is 4.86. The Morgan fingerprint density at radius 2 is 0.895 bits per heavy atom. The summed E-state index contributed by atoms with van der Waals surface area (Å²) in [4.78, 5) is 0. The van der Waals surface area contributed by atoms with E-state index in [1.54, 1.807) is 0 Å². The minimum absolute atomic E-state index is 0.456. The summed E-state index contributed by atoms with van der Waals surface area (Å²) >= 11 is 0. The highest BCUT2D eigenvalue weighted by molar-refractivity contribution is 8.05. The van der Waals surface area contributed by atoms with Gasteiger partial charge in [-0.15, -0.1) is 0 Å². The average Bonchev–Trinajstić information content (AvgIpc) is 2.40. The molecule has 0 atom stereocenters. The van der Waals surface area contributed by atoms with E-state index >= 15 is 0 Å². The SMILES string of the molecule is O=S(=O)(CS(=O)(=O)N1CCCCC1)N1CCCCC1. The monoisotopic (exact) mass is 310 g/mol. The Balaban J connectivity index is 2.05. The molecule has 8 heteroatoms. The molecule has 0 amide bonds. The van der Waals surface area contributed by atoms with Gasteiger partial charge in [0.05, 0.1) is 0 Å². The fourth-order valence-corrected chi connectivity index (χ4v) is 6.95. The van der Waals surface area contributed by atoms with Crippen LogP contribution in [0.5, 0.6) is 0 Å². The van der Waals surface area contributed by atoms with Crippen LogP contribution in [0.25, 0.3) is 0 Å². The Labute approximate surface area is 115 Å². The summed E-state index contributed by atoms with van der Waals surface area (Å²) in [7, 11) is -7.37. The zero-order chi connectivity index (χ0) is 13.9. The third-order valence-electron chi connectivity index (χ3n) is 3.71. The molecule has 2 fully saturated rings. The van der Waals surface area contributed by atoms with E-state index in [9.17, 15) is 16.8 Å². The Morgan fingerprint density at radius 1 is 0.579 bits per heavy atom. The molecule has 2 rings (SSSR count). The van der Waals surface area contributed by atoms with Gasteiger partial charge in [0, 0.05) is 26.2 Å². The predicted octanol–water partition coefficient (Wildman–Crippen LogP) is 0.575. The zero-order valence-corrected chi connectivity index (χ0v) is 12.8. The second-order valence-corrected chi connectivity index (χ2v) is 9.56. The van der Waals surface area contributed by atoms with Gasteiger partial charge in [-0.05, 0) is 25.7 Å². The molecular weight excluding hydrogens is 288 g/mol. The molecule has 0 radical (unpaired) electrons. The molecule has 0 aromatic carbocycles. The van der Waals surface area contributed by atoms with Gasteiger partial charge in [-0.3, -0.25) is 0 Å². The maximum absolute atomic E-state index is 12.2. The van der Waals surface area contributed by atoms with E-state index in [0.29, 0.717) is 26.2 Å². The summed E-state index contributed by atoms with van der Waals surface area (Å²) in [6, 6.07) is 0. The summed E-state index contributed by atoms with van der Waals surface area (Å²) in [5.74, 6) is 0. The molecular formula is C11H22N2O4S2. The highest BCUT2D eigenvalue weighted by Gasteiger charge is 2.33. The molecule has 0 spiro atoms. The van der Waals surface area contributed by atoms with E-state index in [0.717, 1.165) is 38.5 Å². The Bertz CT molecular complexity index is 443. The van der Waals surface area contributed by atoms with Gasteiger partial charge in [0.1, 0.15) is 0 Å². The van der Waals surface area contributed by atoms with Crippen molar-refractivity contribution in [2.45, 2.75) is 38.5 Å². The van der Waals surface area contributed by atoms with E-state index in [-0.39, 0.29) is 0 Å². The molecule has 6 nitrogen and oxygen atoms in total. The first kappa shape index (κ1) is 15.2. The number of nitrogens with zero attached hydrogens (tertiary/aromatic N) is 2. The molecule has 2 saturated heterocycles. The van der Waals surface area contributed by atoms with E-state index in [1.807, 2.05) is 0 Å². The molecule has 0 saturated carbocycles. The third kappa shape index (κ3) is 3.90. The van der Waals surface area contributed by atoms with Crippen LogP contribution in [0, 0.1) is 0 Å². The van der Waals surface area contributed by atoms with Gasteiger partial charge < -0.3 is 0 Å². The molecule has 0 aliphatic carbocycles. The molecule has 0 bridgehead atoms. The van der Waals surface area contributed by atoms with Crippen LogP contribution in [-0.2, 0) is 20.0 Å². The van der Waals surface area contributed by atoms with Crippen LogP contribution in [0.15, 0.2) is 0 Å². The first-order valence-electron chi connectivity index (χ1n) is 6.87. The molecule has 2 aliphatic heterocycles. The van der Waals surface area contributed by atoms with Crippen molar-refractivity contribution < 1.29 is 16.8 Å². The molecule has 0 aromatic heterocycles. The van der Waals surface area contributed by atoms with Crippen molar-refractivity contribution in [3.8, 4) is 0 Å². The van der Waals surface area contributed by atoms with Crippen molar-refractivity contribution in [1.82, 2.24) is 8.61 Å². The van der Waals surface area contributed by atoms with Crippen molar-refractivity contribution >= 4 is 20.0 Å². The van der Waals surface area contributed by atoms with E-state index in [4.69, 9.17) is 0 Å². The second-order valence-electron chi connectivity index (χ2n) is 5.26. The molecule has 112 valence electrons. The molecule has 0 aromatic rings. The number of piperidine rings is 2. The highest BCUT2D eigenvalue weighted by Crippen LogP contribution is 2.18. The van der Waals surface area contributed by atoms with Gasteiger partial charge in [-0.1, -0.05) is 12.8 Å². The molecule has 19 heavy (non-hydrogen) atoms. The van der Waals surface area contributed by atoms with Crippen molar-refractivity contribution in [3.63, 3.8) is 0 Å². The molecule has 0 N–H and O–H groups in total. The lowest BCUT2D eigenvalue weighted by Gasteiger charge is -2.29. The number of hydrogen-bond donors (Lipinski definition) is 0. The summed E-state index contributed by atoms with van der Waals surface area (Å²) < 4.78 is 51.3.